The molecule has 21 heavy (non-hydrogen) atoms. The molecule has 0 bridgehead atoms. The van der Waals surface area contributed by atoms with E-state index in [9.17, 15) is 4.79 Å². The summed E-state index contributed by atoms with van der Waals surface area (Å²) in [5, 5.41) is 7.40. The molecular formula is C14H17ClN4O2. The molecule has 2 rings (SSSR count). The van der Waals surface area contributed by atoms with Crippen LogP contribution in [0.5, 0.6) is 0 Å². The Bertz CT molecular complexity index is 644. The molecule has 2 aromatic rings. The molecule has 0 fully saturated rings. The average molecular weight is 309 g/mol. The number of amides is 1. The highest BCUT2D eigenvalue weighted by atomic mass is 35.5. The lowest BCUT2D eigenvalue weighted by atomic mass is 10.2. The Kier molecular flexibility index (Phi) is 4.18. The maximum atomic E-state index is 11.8. The van der Waals surface area contributed by atoms with Crippen LogP contribution in [0.2, 0.25) is 5.15 Å². The van der Waals surface area contributed by atoms with Gasteiger partial charge in [-0.3, -0.25) is 10.00 Å². The van der Waals surface area contributed by atoms with Crippen molar-refractivity contribution in [1.29, 1.82) is 0 Å². The van der Waals surface area contributed by atoms with E-state index in [1.807, 2.05) is 6.07 Å². The first-order chi connectivity index (χ1) is 9.74. The van der Waals surface area contributed by atoms with Crippen molar-refractivity contribution >= 4 is 23.5 Å². The number of pyridine rings is 1. The van der Waals surface area contributed by atoms with Crippen LogP contribution in [0.15, 0.2) is 24.4 Å². The third kappa shape index (κ3) is 4.19. The molecule has 0 aromatic carbocycles. The number of rotatable bonds is 2. The number of halogens is 1. The highest BCUT2D eigenvalue weighted by Gasteiger charge is 2.18. The third-order valence-corrected chi connectivity index (χ3v) is 2.76. The van der Waals surface area contributed by atoms with E-state index in [4.69, 9.17) is 16.3 Å². The van der Waals surface area contributed by atoms with Crippen LogP contribution in [-0.2, 0) is 11.8 Å². The molecule has 2 aromatic heterocycles. The number of carbonyl (C=O) groups excluding carboxylic acids is 1. The van der Waals surface area contributed by atoms with Gasteiger partial charge < -0.3 is 4.74 Å². The van der Waals surface area contributed by atoms with Gasteiger partial charge in [0.25, 0.3) is 0 Å². The van der Waals surface area contributed by atoms with Gasteiger partial charge >= 0.3 is 6.09 Å². The molecule has 7 heteroatoms. The standard InChI is InChI=1S/C14H17ClN4O2/c1-14(2,3)21-13(20)17-12-7-10(18-19(12)4)9-5-6-11(15)16-8-9/h5-8H,1-4H3,(H,17,20). The number of nitrogens with one attached hydrogen (secondary N) is 1. The second kappa shape index (κ2) is 5.73. The maximum Gasteiger partial charge on any atom is 0.413 e. The van der Waals surface area contributed by atoms with E-state index in [0.717, 1.165) is 5.56 Å². The highest BCUT2D eigenvalue weighted by Crippen LogP contribution is 2.22. The Labute approximate surface area is 128 Å². The van der Waals surface area contributed by atoms with E-state index >= 15 is 0 Å². The van der Waals surface area contributed by atoms with Gasteiger partial charge in [-0.2, -0.15) is 5.10 Å². The lowest BCUT2D eigenvalue weighted by molar-refractivity contribution is 0.0634. The van der Waals surface area contributed by atoms with Crippen molar-refractivity contribution in [3.63, 3.8) is 0 Å². The van der Waals surface area contributed by atoms with Crippen molar-refractivity contribution in [1.82, 2.24) is 14.8 Å². The summed E-state index contributed by atoms with van der Waals surface area (Å²) in [5.74, 6) is 0.536. The number of hydrogen-bond donors (Lipinski definition) is 1. The Balaban J connectivity index is 2.16. The largest absolute Gasteiger partial charge is 0.444 e. The lowest BCUT2D eigenvalue weighted by Gasteiger charge is -2.19. The predicted octanol–water partition coefficient (Wildman–Crippen LogP) is 3.48. The molecule has 0 unspecified atom stereocenters. The first-order valence-corrected chi connectivity index (χ1v) is 6.78. The van der Waals surface area contributed by atoms with E-state index < -0.39 is 11.7 Å². The minimum Gasteiger partial charge on any atom is -0.444 e. The second-order valence-corrected chi connectivity index (χ2v) is 5.92. The topological polar surface area (TPSA) is 69.0 Å². The van der Waals surface area contributed by atoms with Crippen LogP contribution >= 0.6 is 11.6 Å². The summed E-state index contributed by atoms with van der Waals surface area (Å²) in [5.41, 5.74) is 0.950. The van der Waals surface area contributed by atoms with Gasteiger partial charge in [-0.25, -0.2) is 9.78 Å². The van der Waals surface area contributed by atoms with Crippen molar-refractivity contribution < 1.29 is 9.53 Å². The second-order valence-electron chi connectivity index (χ2n) is 5.53. The molecule has 0 aliphatic heterocycles. The van der Waals surface area contributed by atoms with Gasteiger partial charge in [0.1, 0.15) is 16.6 Å². The molecule has 0 spiro atoms. The van der Waals surface area contributed by atoms with Gasteiger partial charge in [-0.1, -0.05) is 11.6 Å². The molecule has 2 heterocycles. The minimum absolute atomic E-state index is 0.418. The number of aromatic nitrogens is 3. The molecule has 112 valence electrons. The Morgan fingerprint density at radius 1 is 1.38 bits per heavy atom. The molecule has 1 amide bonds. The summed E-state index contributed by atoms with van der Waals surface area (Å²) < 4.78 is 6.77. The fourth-order valence-electron chi connectivity index (χ4n) is 1.66. The molecule has 0 saturated heterocycles. The number of aryl methyl sites for hydroxylation is 1. The van der Waals surface area contributed by atoms with Crippen LogP contribution in [0, 0.1) is 0 Å². The molecule has 0 radical (unpaired) electrons. The number of carbonyl (C=O) groups is 1. The summed E-state index contributed by atoms with van der Waals surface area (Å²) >= 11 is 5.76. The molecular weight excluding hydrogens is 292 g/mol. The molecule has 0 saturated carbocycles. The molecule has 6 nitrogen and oxygen atoms in total. The first kappa shape index (κ1) is 15.3. The maximum absolute atomic E-state index is 11.8. The Morgan fingerprint density at radius 2 is 2.10 bits per heavy atom. The van der Waals surface area contributed by atoms with Crippen molar-refractivity contribution in [3.8, 4) is 11.3 Å². The van der Waals surface area contributed by atoms with Gasteiger partial charge in [-0.05, 0) is 32.9 Å². The van der Waals surface area contributed by atoms with Gasteiger partial charge in [0.05, 0.1) is 5.69 Å². The van der Waals surface area contributed by atoms with Gasteiger partial charge in [0.2, 0.25) is 0 Å². The summed E-state index contributed by atoms with van der Waals surface area (Å²) in [6.07, 6.45) is 1.10. The number of anilines is 1. The Morgan fingerprint density at radius 3 is 2.67 bits per heavy atom. The summed E-state index contributed by atoms with van der Waals surface area (Å²) in [4.78, 5) is 15.8. The molecule has 0 aliphatic carbocycles. The van der Waals surface area contributed by atoms with E-state index in [-0.39, 0.29) is 0 Å². The summed E-state index contributed by atoms with van der Waals surface area (Å²) in [6, 6.07) is 5.25. The number of nitrogens with zero attached hydrogens (tertiary/aromatic N) is 3. The zero-order valence-corrected chi connectivity index (χ0v) is 13.1. The van der Waals surface area contributed by atoms with Crippen LogP contribution in [0.25, 0.3) is 11.3 Å². The zero-order chi connectivity index (χ0) is 15.6. The molecule has 1 N–H and O–H groups in total. The summed E-state index contributed by atoms with van der Waals surface area (Å²) in [6.45, 7) is 5.42. The zero-order valence-electron chi connectivity index (χ0n) is 12.3. The van der Waals surface area contributed by atoms with Crippen LogP contribution in [0.3, 0.4) is 0 Å². The highest BCUT2D eigenvalue weighted by molar-refractivity contribution is 6.29. The minimum atomic E-state index is -0.550. The van der Waals surface area contributed by atoms with E-state index in [0.29, 0.717) is 16.7 Å². The van der Waals surface area contributed by atoms with Crippen LogP contribution in [-0.4, -0.2) is 26.5 Å². The lowest BCUT2D eigenvalue weighted by Crippen LogP contribution is -2.27. The third-order valence-electron chi connectivity index (χ3n) is 2.53. The fraction of sp³-hybridized carbons (Fsp3) is 0.357. The van der Waals surface area contributed by atoms with Gasteiger partial charge in [0.15, 0.2) is 0 Å². The van der Waals surface area contributed by atoms with E-state index in [1.54, 1.807) is 50.8 Å². The number of hydrogen-bond acceptors (Lipinski definition) is 4. The van der Waals surface area contributed by atoms with Gasteiger partial charge in [0, 0.05) is 24.9 Å². The smallest absolute Gasteiger partial charge is 0.413 e. The fourth-order valence-corrected chi connectivity index (χ4v) is 1.77. The summed E-state index contributed by atoms with van der Waals surface area (Å²) in [7, 11) is 1.74. The van der Waals surface area contributed by atoms with Crippen LogP contribution in [0.4, 0.5) is 10.6 Å². The SMILES string of the molecule is Cn1nc(-c2ccc(Cl)nc2)cc1NC(=O)OC(C)(C)C. The normalized spacial score (nSPS) is 11.3. The van der Waals surface area contributed by atoms with E-state index in [2.05, 4.69) is 15.4 Å². The van der Waals surface area contributed by atoms with Crippen molar-refractivity contribution in [2.75, 3.05) is 5.32 Å². The van der Waals surface area contributed by atoms with E-state index in [1.165, 1.54) is 0 Å². The van der Waals surface area contributed by atoms with Gasteiger partial charge in [-0.15, -0.1) is 0 Å². The quantitative estimate of drug-likeness (QED) is 0.862. The van der Waals surface area contributed by atoms with Crippen molar-refractivity contribution in [2.24, 2.45) is 7.05 Å². The molecule has 0 aliphatic rings. The van der Waals surface area contributed by atoms with Crippen molar-refractivity contribution in [3.05, 3.63) is 29.5 Å². The first-order valence-electron chi connectivity index (χ1n) is 6.40. The average Bonchev–Trinajstić information content (AvgIpc) is 2.69. The van der Waals surface area contributed by atoms with Crippen LogP contribution < -0.4 is 5.32 Å². The predicted molar refractivity (Wildman–Crippen MR) is 81.3 cm³/mol. The van der Waals surface area contributed by atoms with Crippen LogP contribution in [0.1, 0.15) is 20.8 Å². The number of ether oxygens (including phenoxy) is 1. The Hall–Kier alpha value is -2.08. The monoisotopic (exact) mass is 308 g/mol. The van der Waals surface area contributed by atoms with Crippen molar-refractivity contribution in [2.45, 2.75) is 26.4 Å². The molecule has 0 atom stereocenters.